The smallest absolute Gasteiger partial charge is 0.255 e. The normalized spacial score (nSPS) is 30.5. The standard InChI is InChI=1S/C25H32ClN3O/c1-15-23(16(2)29(28-15)14-21-6-4-5-7-22(21)26)24(30)27-17(3)25-11-18-8-19(12-25)10-20(9-18)13-25/h4-7,17-20H,8-14H2,1-3H3,(H,27,30)/t17-,18?,19?,20?,25?/m1/s1. The molecule has 4 aliphatic carbocycles. The van der Waals surface area contributed by atoms with E-state index in [1.165, 1.54) is 38.5 Å². The Bertz CT molecular complexity index is 943. The summed E-state index contributed by atoms with van der Waals surface area (Å²) in [5.41, 5.74) is 3.73. The van der Waals surface area contributed by atoms with Crippen LogP contribution in [0.4, 0.5) is 0 Å². The average molecular weight is 426 g/mol. The minimum Gasteiger partial charge on any atom is -0.349 e. The van der Waals surface area contributed by atoms with Crippen LogP contribution in [0.15, 0.2) is 24.3 Å². The second-order valence-electron chi connectivity index (χ2n) is 10.3. The van der Waals surface area contributed by atoms with E-state index in [1.807, 2.05) is 42.8 Å². The van der Waals surface area contributed by atoms with Crippen LogP contribution in [0, 0.1) is 37.0 Å². The van der Waals surface area contributed by atoms with Gasteiger partial charge < -0.3 is 5.32 Å². The zero-order chi connectivity index (χ0) is 21.0. The predicted molar refractivity (Wildman–Crippen MR) is 120 cm³/mol. The van der Waals surface area contributed by atoms with Crippen molar-refractivity contribution in [2.24, 2.45) is 23.2 Å². The van der Waals surface area contributed by atoms with Gasteiger partial charge in [-0.3, -0.25) is 9.48 Å². The first-order valence-electron chi connectivity index (χ1n) is 11.4. The van der Waals surface area contributed by atoms with E-state index < -0.39 is 0 Å². The molecule has 6 rings (SSSR count). The highest BCUT2D eigenvalue weighted by Crippen LogP contribution is 2.61. The molecule has 0 saturated heterocycles. The number of hydrogen-bond acceptors (Lipinski definition) is 2. The van der Waals surface area contributed by atoms with Crippen LogP contribution in [0.3, 0.4) is 0 Å². The minimum atomic E-state index is 0.0265. The average Bonchev–Trinajstić information content (AvgIpc) is 2.95. The lowest BCUT2D eigenvalue weighted by Crippen LogP contribution is -2.55. The summed E-state index contributed by atoms with van der Waals surface area (Å²) in [4.78, 5) is 13.3. The van der Waals surface area contributed by atoms with Gasteiger partial charge in [-0.25, -0.2) is 0 Å². The van der Waals surface area contributed by atoms with Crippen LogP contribution in [0.2, 0.25) is 5.02 Å². The van der Waals surface area contributed by atoms with Crippen LogP contribution in [0.1, 0.15) is 72.8 Å². The van der Waals surface area contributed by atoms with Crippen molar-refractivity contribution in [2.75, 3.05) is 0 Å². The van der Waals surface area contributed by atoms with Gasteiger partial charge in [0.15, 0.2) is 0 Å². The summed E-state index contributed by atoms with van der Waals surface area (Å²) < 4.78 is 1.90. The van der Waals surface area contributed by atoms with Gasteiger partial charge in [-0.15, -0.1) is 0 Å². The Kier molecular flexibility index (Phi) is 4.96. The molecule has 1 aromatic carbocycles. The van der Waals surface area contributed by atoms with Gasteiger partial charge in [-0.1, -0.05) is 29.8 Å². The third-order valence-corrected chi connectivity index (χ3v) is 8.61. The van der Waals surface area contributed by atoms with Crippen LogP contribution in [0.5, 0.6) is 0 Å². The van der Waals surface area contributed by atoms with Crippen molar-refractivity contribution in [1.82, 2.24) is 15.1 Å². The van der Waals surface area contributed by atoms with Crippen molar-refractivity contribution >= 4 is 17.5 Å². The summed E-state index contributed by atoms with van der Waals surface area (Å²) in [6.45, 7) is 6.73. The number of carbonyl (C=O) groups excluding carboxylic acids is 1. The Balaban J connectivity index is 1.34. The second-order valence-corrected chi connectivity index (χ2v) is 10.7. The molecule has 4 saturated carbocycles. The van der Waals surface area contributed by atoms with E-state index in [9.17, 15) is 4.79 Å². The van der Waals surface area contributed by atoms with Crippen LogP contribution in [0.25, 0.3) is 0 Å². The van der Waals surface area contributed by atoms with Gasteiger partial charge in [0.25, 0.3) is 5.91 Å². The van der Waals surface area contributed by atoms with Gasteiger partial charge in [0.05, 0.1) is 17.8 Å². The monoisotopic (exact) mass is 425 g/mol. The van der Waals surface area contributed by atoms with Crippen LogP contribution in [-0.4, -0.2) is 21.7 Å². The lowest BCUT2D eigenvalue weighted by Gasteiger charge is -2.59. The Morgan fingerprint density at radius 1 is 1.17 bits per heavy atom. The molecular formula is C25H32ClN3O. The van der Waals surface area contributed by atoms with E-state index in [1.54, 1.807) is 0 Å². The van der Waals surface area contributed by atoms with E-state index in [0.29, 0.717) is 12.0 Å². The van der Waals surface area contributed by atoms with E-state index >= 15 is 0 Å². The lowest BCUT2D eigenvalue weighted by molar-refractivity contribution is -0.0688. The molecule has 4 fully saturated rings. The molecule has 1 N–H and O–H groups in total. The van der Waals surface area contributed by atoms with Crippen LogP contribution < -0.4 is 5.32 Å². The molecule has 0 unspecified atom stereocenters. The molecular weight excluding hydrogens is 394 g/mol. The van der Waals surface area contributed by atoms with Gasteiger partial charge in [-0.2, -0.15) is 5.10 Å². The summed E-state index contributed by atoms with van der Waals surface area (Å²) in [6.07, 6.45) is 8.16. The summed E-state index contributed by atoms with van der Waals surface area (Å²) in [6, 6.07) is 8.02. The molecule has 0 aliphatic heterocycles. The number of aromatic nitrogens is 2. The SMILES string of the molecule is Cc1nn(Cc2ccccc2Cl)c(C)c1C(=O)N[C@H](C)C12CC3CC(CC(C3)C1)C2. The molecule has 1 aromatic heterocycles. The number of nitrogens with one attached hydrogen (secondary N) is 1. The van der Waals surface area contributed by atoms with Crippen molar-refractivity contribution < 1.29 is 4.79 Å². The van der Waals surface area contributed by atoms with Crippen LogP contribution >= 0.6 is 11.6 Å². The number of hydrogen-bond donors (Lipinski definition) is 1. The number of nitrogens with zero attached hydrogens (tertiary/aromatic N) is 2. The zero-order valence-electron chi connectivity index (χ0n) is 18.2. The van der Waals surface area contributed by atoms with Gasteiger partial charge in [0, 0.05) is 16.8 Å². The summed E-state index contributed by atoms with van der Waals surface area (Å²) >= 11 is 6.33. The molecule has 0 spiro atoms. The molecule has 1 heterocycles. The topological polar surface area (TPSA) is 46.9 Å². The molecule has 160 valence electrons. The fourth-order valence-electron chi connectivity index (χ4n) is 7.10. The fraction of sp³-hybridized carbons (Fsp3) is 0.600. The van der Waals surface area contributed by atoms with Gasteiger partial charge in [0.2, 0.25) is 0 Å². The number of aryl methyl sites for hydroxylation is 1. The van der Waals surface area contributed by atoms with E-state index in [2.05, 4.69) is 17.3 Å². The first-order chi connectivity index (χ1) is 14.3. The molecule has 4 aliphatic rings. The van der Waals surface area contributed by atoms with Gasteiger partial charge >= 0.3 is 0 Å². The molecule has 30 heavy (non-hydrogen) atoms. The minimum absolute atomic E-state index is 0.0265. The van der Waals surface area contributed by atoms with Crippen LogP contribution in [-0.2, 0) is 6.54 Å². The van der Waals surface area contributed by atoms with E-state index in [-0.39, 0.29) is 11.9 Å². The van der Waals surface area contributed by atoms with Crippen molar-refractivity contribution in [1.29, 1.82) is 0 Å². The third-order valence-electron chi connectivity index (χ3n) is 8.24. The maximum Gasteiger partial charge on any atom is 0.255 e. The Morgan fingerprint density at radius 2 is 1.77 bits per heavy atom. The fourth-order valence-corrected chi connectivity index (χ4v) is 7.29. The van der Waals surface area contributed by atoms with Crippen molar-refractivity contribution in [3.05, 3.63) is 51.8 Å². The summed E-state index contributed by atoms with van der Waals surface area (Å²) in [5.74, 6) is 2.69. The number of carbonyl (C=O) groups is 1. The highest BCUT2D eigenvalue weighted by Gasteiger charge is 2.53. The zero-order valence-corrected chi connectivity index (χ0v) is 19.0. The predicted octanol–water partition coefficient (Wildman–Crippen LogP) is 5.54. The largest absolute Gasteiger partial charge is 0.349 e. The maximum absolute atomic E-state index is 13.3. The van der Waals surface area contributed by atoms with Crippen molar-refractivity contribution in [3.8, 4) is 0 Å². The number of benzene rings is 1. The Hall–Kier alpha value is -1.81. The maximum atomic E-state index is 13.3. The molecule has 1 amide bonds. The van der Waals surface area contributed by atoms with Crippen molar-refractivity contribution in [3.63, 3.8) is 0 Å². The first kappa shape index (κ1) is 20.1. The molecule has 1 atom stereocenters. The number of halogens is 1. The van der Waals surface area contributed by atoms with Gasteiger partial charge in [-0.05, 0) is 94.1 Å². The van der Waals surface area contributed by atoms with Crippen molar-refractivity contribution in [2.45, 2.75) is 71.9 Å². The summed E-state index contributed by atoms with van der Waals surface area (Å²) in [5, 5.41) is 8.80. The number of amides is 1. The van der Waals surface area contributed by atoms with Gasteiger partial charge in [0.1, 0.15) is 0 Å². The highest BCUT2D eigenvalue weighted by molar-refractivity contribution is 6.31. The molecule has 0 radical (unpaired) electrons. The second kappa shape index (κ2) is 7.40. The Morgan fingerprint density at radius 3 is 2.37 bits per heavy atom. The molecule has 4 bridgehead atoms. The summed E-state index contributed by atoms with van der Waals surface area (Å²) in [7, 11) is 0. The quantitative estimate of drug-likeness (QED) is 0.683. The first-order valence-corrected chi connectivity index (χ1v) is 11.8. The third kappa shape index (κ3) is 3.37. The highest BCUT2D eigenvalue weighted by atomic mass is 35.5. The molecule has 2 aromatic rings. The van der Waals surface area contributed by atoms with E-state index in [0.717, 1.165) is 45.3 Å². The number of rotatable bonds is 5. The Labute approximate surface area is 184 Å². The molecule has 4 nitrogen and oxygen atoms in total. The van der Waals surface area contributed by atoms with E-state index in [4.69, 9.17) is 11.6 Å². The lowest BCUT2D eigenvalue weighted by atomic mass is 9.48. The molecule has 5 heteroatoms.